The average Bonchev–Trinajstić information content (AvgIpc) is 4.23. The number of hydrogen-bond acceptors (Lipinski definition) is 12. The number of thioether (sulfide) groups is 12. The summed E-state index contributed by atoms with van der Waals surface area (Å²) < 4.78 is 12.5. The molecule has 0 atom stereocenters. The van der Waals surface area contributed by atoms with Gasteiger partial charge in [-0.1, -0.05) is 353 Å². The molecule has 0 fully saturated rings. The second-order valence-corrected chi connectivity index (χ2v) is 34.7. The van der Waals surface area contributed by atoms with Crippen molar-refractivity contribution >= 4 is 141 Å². The van der Waals surface area contributed by atoms with Gasteiger partial charge in [0.15, 0.2) is 0 Å². The Morgan fingerprint density at radius 2 is 0.431 bits per heavy atom. The molecular formula is C60H102S12. The van der Waals surface area contributed by atoms with Gasteiger partial charge in [-0.05, 0) is 59.5 Å². The lowest BCUT2D eigenvalue weighted by atomic mass is 10.1. The van der Waals surface area contributed by atoms with Crippen molar-refractivity contribution in [3.8, 4) is 0 Å². The van der Waals surface area contributed by atoms with E-state index >= 15 is 0 Å². The van der Waals surface area contributed by atoms with E-state index in [-0.39, 0.29) is 0 Å². The van der Waals surface area contributed by atoms with Gasteiger partial charge in [0.2, 0.25) is 0 Å². The highest BCUT2D eigenvalue weighted by Gasteiger charge is 2.32. The van der Waals surface area contributed by atoms with Crippen LogP contribution >= 0.6 is 141 Å². The lowest BCUT2D eigenvalue weighted by molar-refractivity contribution is 0.563. The molecule has 72 heavy (non-hydrogen) atoms. The molecule has 0 aromatic heterocycles. The first-order valence-corrected chi connectivity index (χ1v) is 40.6. The third-order valence-corrected chi connectivity index (χ3v) is 30.9. The molecule has 0 amide bonds. The zero-order chi connectivity index (χ0) is 50.8. The van der Waals surface area contributed by atoms with Gasteiger partial charge < -0.3 is 0 Å². The predicted octanol–water partition coefficient (Wildman–Crippen LogP) is 27.7. The molecule has 12 heteroatoms. The van der Waals surface area contributed by atoms with Crippen molar-refractivity contribution in [2.24, 2.45) is 0 Å². The van der Waals surface area contributed by atoms with E-state index in [1.165, 1.54) is 298 Å². The van der Waals surface area contributed by atoms with Gasteiger partial charge in [-0.2, -0.15) is 0 Å². The molecule has 4 aliphatic rings. The Labute approximate surface area is 498 Å². The Morgan fingerprint density at radius 1 is 0.236 bits per heavy atom. The van der Waals surface area contributed by atoms with Crippen molar-refractivity contribution in [2.75, 3.05) is 23.0 Å². The Hall–Kier alpha value is 2.64. The third-order valence-electron chi connectivity index (χ3n) is 13.5. The van der Waals surface area contributed by atoms with Crippen molar-refractivity contribution in [1.82, 2.24) is 0 Å². The minimum Gasteiger partial charge on any atom is -0.117 e. The zero-order valence-electron chi connectivity index (χ0n) is 46.2. The van der Waals surface area contributed by atoms with Crippen LogP contribution in [0.3, 0.4) is 0 Å². The highest BCUT2D eigenvalue weighted by molar-refractivity contribution is 8.43. The summed E-state index contributed by atoms with van der Waals surface area (Å²) in [5.41, 5.74) is 0. The fourth-order valence-corrected chi connectivity index (χ4v) is 26.4. The summed E-state index contributed by atoms with van der Waals surface area (Å²) >= 11 is 25.2. The molecule has 0 aromatic carbocycles. The first-order chi connectivity index (χ1) is 35.7. The second kappa shape index (κ2) is 47.3. The van der Waals surface area contributed by atoms with E-state index in [1.54, 1.807) is 25.4 Å². The maximum Gasteiger partial charge on any atom is 0.0717 e. The first-order valence-electron chi connectivity index (χ1n) is 30.0. The van der Waals surface area contributed by atoms with Gasteiger partial charge in [-0.3, -0.25) is 0 Å². The van der Waals surface area contributed by atoms with Crippen molar-refractivity contribution in [3.63, 3.8) is 0 Å². The molecule has 0 N–H and O–H groups in total. The molecule has 0 spiro atoms. The van der Waals surface area contributed by atoms with E-state index in [9.17, 15) is 0 Å². The first kappa shape index (κ1) is 67.1. The Bertz CT molecular complexity index is 1400. The summed E-state index contributed by atoms with van der Waals surface area (Å²) in [6, 6.07) is 0. The maximum atomic E-state index is 2.47. The van der Waals surface area contributed by atoms with Crippen molar-refractivity contribution < 1.29 is 0 Å². The minimum absolute atomic E-state index is 1.27. The maximum absolute atomic E-state index is 2.47. The van der Waals surface area contributed by atoms with Crippen LogP contribution in [0.25, 0.3) is 0 Å². The van der Waals surface area contributed by atoms with Gasteiger partial charge in [0.1, 0.15) is 0 Å². The van der Waals surface area contributed by atoms with Crippen molar-refractivity contribution in [3.05, 3.63) is 54.5 Å². The van der Waals surface area contributed by atoms with Crippen LogP contribution in [0.2, 0.25) is 0 Å². The van der Waals surface area contributed by atoms with Gasteiger partial charge in [-0.25, -0.2) is 0 Å². The van der Waals surface area contributed by atoms with Crippen LogP contribution in [0.4, 0.5) is 0 Å². The standard InChI is InChI=1S/C60H102S12/c1-5-9-13-17-21-25-29-33-37-41-45-61-53-54(62-46-42-38-34-30-26-22-18-14-10-6-2)70-59(69-53)57-65-49-51(67-57)52-50-66-58(68-52)60-71-55(63-47-43-39-35-31-27-23-19-15-11-7-3)56(72-60)64-48-44-40-36-32-28-24-20-16-12-8-4/h49-50H,5-48H2,1-4H3. The van der Waals surface area contributed by atoms with E-state index < -0.39 is 0 Å². The molecule has 414 valence electrons. The van der Waals surface area contributed by atoms with Gasteiger partial charge in [0.25, 0.3) is 0 Å². The number of rotatable bonds is 49. The highest BCUT2D eigenvalue weighted by atomic mass is 32.3. The van der Waals surface area contributed by atoms with Crippen LogP contribution < -0.4 is 0 Å². The normalized spacial score (nSPS) is 16.3. The highest BCUT2D eigenvalue weighted by Crippen LogP contribution is 2.67. The quantitative estimate of drug-likeness (QED) is 0.0533. The van der Waals surface area contributed by atoms with Crippen LogP contribution in [-0.4, -0.2) is 23.0 Å². The molecule has 0 nitrogen and oxygen atoms in total. The SMILES string of the molecule is CCCCCCCCCCCCSC1=C(SCCCCCCCCCCCC)SC(=C2SC=C(C3=CSC(=C4SC(SCCCCCCCCCCCC)=C(SCCCCCCCCCCCC)S4)S3)S2)S1. The predicted molar refractivity (Wildman–Crippen MR) is 362 cm³/mol. The number of hydrogen-bond donors (Lipinski definition) is 0. The summed E-state index contributed by atoms with van der Waals surface area (Å²) in [5, 5.41) is 4.95. The van der Waals surface area contributed by atoms with Gasteiger partial charge in [0.05, 0.1) is 33.9 Å². The number of unbranched alkanes of at least 4 members (excludes halogenated alkanes) is 36. The Morgan fingerprint density at radius 3 is 0.639 bits per heavy atom. The van der Waals surface area contributed by atoms with Crippen LogP contribution in [0.5, 0.6) is 0 Å². The molecule has 4 aliphatic heterocycles. The largest absolute Gasteiger partial charge is 0.117 e. The monoisotopic (exact) mass is 1210 g/mol. The second-order valence-electron chi connectivity index (χ2n) is 20.2. The molecule has 0 aromatic rings. The van der Waals surface area contributed by atoms with E-state index in [0.29, 0.717) is 0 Å². The third kappa shape index (κ3) is 31.6. The minimum atomic E-state index is 1.27. The van der Waals surface area contributed by atoms with Crippen molar-refractivity contribution in [1.29, 1.82) is 0 Å². The van der Waals surface area contributed by atoms with E-state index in [0.717, 1.165) is 0 Å². The summed E-state index contributed by atoms with van der Waals surface area (Å²) in [7, 11) is 0. The summed E-state index contributed by atoms with van der Waals surface area (Å²) in [6.07, 6.45) is 56.6. The fraction of sp³-hybridized carbons (Fsp3) is 0.800. The van der Waals surface area contributed by atoms with E-state index in [4.69, 9.17) is 0 Å². The Balaban J connectivity index is 1.24. The van der Waals surface area contributed by atoms with Gasteiger partial charge >= 0.3 is 0 Å². The lowest BCUT2D eigenvalue weighted by Crippen LogP contribution is -1.85. The summed E-state index contributed by atoms with van der Waals surface area (Å²) in [5.74, 6) is 5.10. The Kier molecular flexibility index (Phi) is 44.1. The smallest absolute Gasteiger partial charge is 0.0717 e. The van der Waals surface area contributed by atoms with Crippen LogP contribution in [0, 0.1) is 0 Å². The lowest BCUT2D eigenvalue weighted by Gasteiger charge is -2.06. The molecule has 0 unspecified atom stereocenters. The van der Waals surface area contributed by atoms with Gasteiger partial charge in [-0.15, -0.1) is 47.0 Å². The molecule has 0 aliphatic carbocycles. The van der Waals surface area contributed by atoms with Gasteiger partial charge in [0, 0.05) is 9.81 Å². The van der Waals surface area contributed by atoms with Crippen LogP contribution in [0.1, 0.15) is 285 Å². The molecule has 0 saturated heterocycles. The summed E-state index contributed by atoms with van der Waals surface area (Å²) in [6.45, 7) is 9.29. The van der Waals surface area contributed by atoms with Crippen LogP contribution in [0.15, 0.2) is 54.5 Å². The molecule has 4 rings (SSSR count). The van der Waals surface area contributed by atoms with E-state index in [2.05, 4.69) is 156 Å². The fourth-order valence-electron chi connectivity index (χ4n) is 8.99. The van der Waals surface area contributed by atoms with Crippen molar-refractivity contribution in [2.45, 2.75) is 285 Å². The molecule has 0 saturated carbocycles. The van der Waals surface area contributed by atoms with E-state index in [1.807, 2.05) is 23.5 Å². The topological polar surface area (TPSA) is 0 Å². The summed E-state index contributed by atoms with van der Waals surface area (Å²) in [4.78, 5) is 2.94. The van der Waals surface area contributed by atoms with Crippen LogP contribution in [-0.2, 0) is 0 Å². The molecule has 0 bridgehead atoms. The average molecular weight is 1210 g/mol. The molecular weight excluding hydrogens is 1110 g/mol. The zero-order valence-corrected chi connectivity index (χ0v) is 56.0. The molecule has 4 heterocycles. The molecule has 0 radical (unpaired) electrons.